The van der Waals surface area contributed by atoms with Crippen LogP contribution in [0, 0.1) is 0 Å². The van der Waals surface area contributed by atoms with Crippen LogP contribution >= 0.6 is 0 Å². The van der Waals surface area contributed by atoms with Crippen molar-refractivity contribution in [2.24, 2.45) is 0 Å². The molecular formula is C8H28HfN4. The predicted molar refractivity (Wildman–Crippen MR) is 59.9 cm³/mol. The summed E-state index contributed by atoms with van der Waals surface area (Å²) in [6.45, 7) is 0. The SMILES string of the molecule is CNC.CNC.CNC.CNC.[Hf]. The zero-order valence-corrected chi connectivity index (χ0v) is 14.1. The minimum Gasteiger partial charge on any atom is -0.323 e. The third-order valence-corrected chi connectivity index (χ3v) is 0. The summed E-state index contributed by atoms with van der Waals surface area (Å²) in [6.07, 6.45) is 0. The van der Waals surface area contributed by atoms with E-state index in [-0.39, 0.29) is 25.8 Å². The molecule has 0 rings (SSSR count). The van der Waals surface area contributed by atoms with Crippen LogP contribution in [0.4, 0.5) is 0 Å². The topological polar surface area (TPSA) is 48.1 Å². The second-order valence-electron chi connectivity index (χ2n) is 2.00. The number of hydrogen-bond acceptors (Lipinski definition) is 4. The fourth-order valence-electron chi connectivity index (χ4n) is 0. The third-order valence-electron chi connectivity index (χ3n) is 0. The van der Waals surface area contributed by atoms with Crippen LogP contribution in [-0.4, -0.2) is 56.4 Å². The van der Waals surface area contributed by atoms with Gasteiger partial charge in [0.1, 0.15) is 0 Å². The van der Waals surface area contributed by atoms with E-state index in [0.717, 1.165) is 0 Å². The van der Waals surface area contributed by atoms with E-state index in [1.807, 2.05) is 56.4 Å². The summed E-state index contributed by atoms with van der Waals surface area (Å²) in [5.41, 5.74) is 0. The summed E-state index contributed by atoms with van der Waals surface area (Å²) in [6, 6.07) is 0. The van der Waals surface area contributed by atoms with E-state index >= 15 is 0 Å². The first-order valence-electron chi connectivity index (χ1n) is 4.00. The molecule has 4 nitrogen and oxygen atoms in total. The first-order chi connectivity index (χ1) is 5.66. The molecule has 0 heterocycles. The molecule has 0 unspecified atom stereocenters. The Kier molecular flexibility index (Phi) is 176. The van der Waals surface area contributed by atoms with Crippen molar-refractivity contribution in [2.45, 2.75) is 0 Å². The third kappa shape index (κ3) is 2890. The minimum atomic E-state index is 0. The van der Waals surface area contributed by atoms with Crippen LogP contribution in [0.15, 0.2) is 0 Å². The fraction of sp³-hybridized carbons (Fsp3) is 1.00. The van der Waals surface area contributed by atoms with Gasteiger partial charge in [-0.2, -0.15) is 0 Å². The molecule has 0 amide bonds. The normalized spacial score (nSPS) is 5.54. The van der Waals surface area contributed by atoms with Crippen LogP contribution in [0.2, 0.25) is 0 Å². The minimum absolute atomic E-state index is 0. The monoisotopic (exact) mass is 360 g/mol. The van der Waals surface area contributed by atoms with Crippen molar-refractivity contribution < 1.29 is 25.8 Å². The van der Waals surface area contributed by atoms with Gasteiger partial charge in [0, 0.05) is 25.8 Å². The van der Waals surface area contributed by atoms with Crippen molar-refractivity contribution >= 4 is 0 Å². The van der Waals surface area contributed by atoms with Gasteiger partial charge >= 0.3 is 0 Å². The molecule has 0 fully saturated rings. The first kappa shape index (κ1) is 29.2. The second-order valence-corrected chi connectivity index (χ2v) is 2.00. The zero-order chi connectivity index (χ0) is 10.8. The summed E-state index contributed by atoms with van der Waals surface area (Å²) in [5.74, 6) is 0. The zero-order valence-electron chi connectivity index (χ0n) is 10.5. The van der Waals surface area contributed by atoms with Gasteiger partial charge in [0.25, 0.3) is 0 Å². The van der Waals surface area contributed by atoms with Gasteiger partial charge in [-0.25, -0.2) is 0 Å². The maximum atomic E-state index is 2.75. The van der Waals surface area contributed by atoms with Crippen LogP contribution in [0.25, 0.3) is 0 Å². The Balaban J connectivity index is -0.0000000213. The summed E-state index contributed by atoms with van der Waals surface area (Å²) in [5, 5.41) is 11.0. The molecule has 0 atom stereocenters. The average molecular weight is 359 g/mol. The maximum absolute atomic E-state index is 2.75. The largest absolute Gasteiger partial charge is 0.323 e. The summed E-state index contributed by atoms with van der Waals surface area (Å²) >= 11 is 0. The molecule has 0 aliphatic carbocycles. The van der Waals surface area contributed by atoms with Gasteiger partial charge in [0.2, 0.25) is 0 Å². The number of rotatable bonds is 0. The quantitative estimate of drug-likeness (QED) is 0.434. The van der Waals surface area contributed by atoms with Crippen molar-refractivity contribution in [2.75, 3.05) is 56.4 Å². The van der Waals surface area contributed by atoms with Crippen molar-refractivity contribution in [1.82, 2.24) is 21.3 Å². The Morgan fingerprint density at radius 3 is 0.385 bits per heavy atom. The molecule has 0 spiro atoms. The van der Waals surface area contributed by atoms with E-state index in [1.54, 1.807) is 0 Å². The maximum Gasteiger partial charge on any atom is 0 e. The van der Waals surface area contributed by atoms with Gasteiger partial charge < -0.3 is 21.3 Å². The Morgan fingerprint density at radius 1 is 0.385 bits per heavy atom. The molecule has 0 aromatic carbocycles. The van der Waals surface area contributed by atoms with Crippen LogP contribution in [0.1, 0.15) is 0 Å². The van der Waals surface area contributed by atoms with E-state index in [2.05, 4.69) is 21.3 Å². The molecule has 84 valence electrons. The molecule has 0 saturated heterocycles. The van der Waals surface area contributed by atoms with E-state index < -0.39 is 0 Å². The Morgan fingerprint density at radius 2 is 0.385 bits per heavy atom. The van der Waals surface area contributed by atoms with Gasteiger partial charge in [0.05, 0.1) is 0 Å². The molecule has 5 heteroatoms. The van der Waals surface area contributed by atoms with Crippen LogP contribution in [0.5, 0.6) is 0 Å². The van der Waals surface area contributed by atoms with E-state index in [0.29, 0.717) is 0 Å². The smallest absolute Gasteiger partial charge is 0 e. The van der Waals surface area contributed by atoms with Crippen LogP contribution < -0.4 is 21.3 Å². The van der Waals surface area contributed by atoms with Crippen molar-refractivity contribution in [1.29, 1.82) is 0 Å². The van der Waals surface area contributed by atoms with Crippen molar-refractivity contribution in [3.05, 3.63) is 0 Å². The summed E-state index contributed by atoms with van der Waals surface area (Å²) < 4.78 is 0. The van der Waals surface area contributed by atoms with Crippen LogP contribution in [0.3, 0.4) is 0 Å². The van der Waals surface area contributed by atoms with Crippen molar-refractivity contribution in [3.8, 4) is 0 Å². The van der Waals surface area contributed by atoms with Gasteiger partial charge in [-0.1, -0.05) is 0 Å². The Bertz CT molecular complexity index is 24.1. The molecule has 13 heavy (non-hydrogen) atoms. The van der Waals surface area contributed by atoms with Gasteiger partial charge in [-0.3, -0.25) is 0 Å². The molecule has 0 radical (unpaired) electrons. The number of hydrogen-bond donors (Lipinski definition) is 4. The fourth-order valence-corrected chi connectivity index (χ4v) is 0. The molecule has 0 aromatic heterocycles. The Labute approximate surface area is 103 Å². The molecule has 4 N–H and O–H groups in total. The van der Waals surface area contributed by atoms with E-state index in [4.69, 9.17) is 0 Å². The first-order valence-corrected chi connectivity index (χ1v) is 4.00. The molecule has 0 saturated carbocycles. The predicted octanol–water partition coefficient (Wildman–Crippen LogP) is -0.660. The van der Waals surface area contributed by atoms with Crippen LogP contribution in [-0.2, 0) is 25.8 Å². The Hall–Kier alpha value is 0.710. The molecular weight excluding hydrogens is 331 g/mol. The van der Waals surface area contributed by atoms with E-state index in [1.165, 1.54) is 0 Å². The molecule has 0 aliphatic heterocycles. The van der Waals surface area contributed by atoms with Gasteiger partial charge in [-0.15, -0.1) is 0 Å². The standard InChI is InChI=1S/4C2H7N.Hf/c4*1-3-2;/h4*3H,1-2H3;. The molecule has 0 bridgehead atoms. The molecule has 0 aliphatic rings. The average Bonchev–Trinajstić information content (AvgIpc) is 1.92. The second kappa shape index (κ2) is 78.6. The summed E-state index contributed by atoms with van der Waals surface area (Å²) in [4.78, 5) is 0. The molecule has 0 aromatic rings. The number of nitrogens with one attached hydrogen (secondary N) is 4. The van der Waals surface area contributed by atoms with E-state index in [9.17, 15) is 0 Å². The van der Waals surface area contributed by atoms with Gasteiger partial charge in [0.15, 0.2) is 0 Å². The summed E-state index contributed by atoms with van der Waals surface area (Å²) in [7, 11) is 15.0. The van der Waals surface area contributed by atoms with Gasteiger partial charge in [-0.05, 0) is 56.4 Å². The van der Waals surface area contributed by atoms with Crippen molar-refractivity contribution in [3.63, 3.8) is 0 Å².